The molecule has 1 amide bonds. The normalized spacial score (nSPS) is 24.1. The van der Waals surface area contributed by atoms with E-state index in [0.29, 0.717) is 0 Å². The van der Waals surface area contributed by atoms with Crippen molar-refractivity contribution in [2.75, 3.05) is 13.2 Å². The first kappa shape index (κ1) is 14.5. The molecule has 4 nitrogen and oxygen atoms in total. The molecule has 1 aliphatic heterocycles. The fraction of sp³-hybridized carbons (Fsp3) is 0.588. The van der Waals surface area contributed by atoms with E-state index in [1.54, 1.807) is 0 Å². The molecule has 0 radical (unpaired) electrons. The van der Waals surface area contributed by atoms with E-state index >= 15 is 0 Å². The highest BCUT2D eigenvalue weighted by atomic mass is 16.5. The SMILES string of the molecule is NC(C(=O)NC1CCc2ccccc2C1)C1CCOCC1. The van der Waals surface area contributed by atoms with Crippen LogP contribution in [-0.2, 0) is 22.4 Å². The van der Waals surface area contributed by atoms with Gasteiger partial charge in [-0.15, -0.1) is 0 Å². The highest BCUT2D eigenvalue weighted by Gasteiger charge is 2.28. The van der Waals surface area contributed by atoms with Gasteiger partial charge in [0, 0.05) is 19.3 Å². The number of fused-ring (bicyclic) bond motifs is 1. The van der Waals surface area contributed by atoms with Crippen LogP contribution in [0.15, 0.2) is 24.3 Å². The molecule has 2 aliphatic rings. The molecule has 114 valence electrons. The minimum absolute atomic E-state index is 0.00582. The Balaban J connectivity index is 1.56. The summed E-state index contributed by atoms with van der Waals surface area (Å²) in [4.78, 5) is 12.3. The van der Waals surface area contributed by atoms with E-state index in [1.165, 1.54) is 11.1 Å². The summed E-state index contributed by atoms with van der Waals surface area (Å²) in [6.45, 7) is 1.45. The minimum Gasteiger partial charge on any atom is -0.381 e. The van der Waals surface area contributed by atoms with Crippen LogP contribution in [0.5, 0.6) is 0 Å². The van der Waals surface area contributed by atoms with E-state index in [4.69, 9.17) is 10.5 Å². The largest absolute Gasteiger partial charge is 0.381 e. The van der Waals surface area contributed by atoms with Gasteiger partial charge in [-0.05, 0) is 49.1 Å². The summed E-state index contributed by atoms with van der Waals surface area (Å²) in [5.41, 5.74) is 8.91. The third-order valence-corrected chi connectivity index (χ3v) is 4.77. The maximum atomic E-state index is 12.3. The zero-order valence-corrected chi connectivity index (χ0v) is 12.4. The van der Waals surface area contributed by atoms with Crippen molar-refractivity contribution in [1.29, 1.82) is 0 Å². The first-order valence-electron chi connectivity index (χ1n) is 7.94. The van der Waals surface area contributed by atoms with E-state index in [9.17, 15) is 4.79 Å². The molecule has 0 spiro atoms. The lowest BCUT2D eigenvalue weighted by Gasteiger charge is -2.30. The average Bonchev–Trinajstić information content (AvgIpc) is 2.55. The average molecular weight is 288 g/mol. The van der Waals surface area contributed by atoms with E-state index in [1.807, 2.05) is 0 Å². The fourth-order valence-electron chi connectivity index (χ4n) is 3.41. The number of hydrogen-bond acceptors (Lipinski definition) is 3. The van der Waals surface area contributed by atoms with Gasteiger partial charge < -0.3 is 15.8 Å². The molecule has 1 aromatic carbocycles. The van der Waals surface area contributed by atoms with Crippen LogP contribution in [0.1, 0.15) is 30.4 Å². The second kappa shape index (κ2) is 6.58. The monoisotopic (exact) mass is 288 g/mol. The molecule has 1 heterocycles. The Bertz CT molecular complexity index is 497. The van der Waals surface area contributed by atoms with Gasteiger partial charge in [-0.2, -0.15) is 0 Å². The Kier molecular flexibility index (Phi) is 4.56. The molecule has 1 aliphatic carbocycles. The van der Waals surface area contributed by atoms with Crippen LogP contribution in [0.4, 0.5) is 0 Å². The van der Waals surface area contributed by atoms with Gasteiger partial charge in [0.2, 0.25) is 5.91 Å². The summed E-state index contributed by atoms with van der Waals surface area (Å²) in [6.07, 6.45) is 4.74. The van der Waals surface area contributed by atoms with Crippen LogP contribution in [-0.4, -0.2) is 31.2 Å². The van der Waals surface area contributed by atoms with Gasteiger partial charge in [-0.1, -0.05) is 24.3 Å². The van der Waals surface area contributed by atoms with Gasteiger partial charge in [0.15, 0.2) is 0 Å². The molecule has 0 saturated carbocycles. The highest BCUT2D eigenvalue weighted by molar-refractivity contribution is 5.82. The van der Waals surface area contributed by atoms with Gasteiger partial charge in [0.25, 0.3) is 0 Å². The topological polar surface area (TPSA) is 64.4 Å². The quantitative estimate of drug-likeness (QED) is 0.884. The molecule has 1 fully saturated rings. The zero-order chi connectivity index (χ0) is 14.7. The third kappa shape index (κ3) is 3.44. The number of hydrogen-bond donors (Lipinski definition) is 2. The van der Waals surface area contributed by atoms with Crippen LogP contribution in [0.3, 0.4) is 0 Å². The molecule has 1 saturated heterocycles. The van der Waals surface area contributed by atoms with Crippen molar-refractivity contribution < 1.29 is 9.53 Å². The van der Waals surface area contributed by atoms with Crippen molar-refractivity contribution in [3.63, 3.8) is 0 Å². The number of carbonyl (C=O) groups is 1. The van der Waals surface area contributed by atoms with Gasteiger partial charge in [-0.25, -0.2) is 0 Å². The fourth-order valence-corrected chi connectivity index (χ4v) is 3.41. The summed E-state index contributed by atoms with van der Waals surface area (Å²) in [7, 11) is 0. The van der Waals surface area contributed by atoms with Crippen molar-refractivity contribution in [3.05, 3.63) is 35.4 Å². The van der Waals surface area contributed by atoms with Gasteiger partial charge in [0.1, 0.15) is 0 Å². The number of aryl methyl sites for hydroxylation is 1. The number of ether oxygens (including phenoxy) is 1. The summed E-state index contributed by atoms with van der Waals surface area (Å²) in [6, 6.07) is 8.31. The van der Waals surface area contributed by atoms with Crippen molar-refractivity contribution in [2.45, 2.75) is 44.2 Å². The van der Waals surface area contributed by atoms with Gasteiger partial charge in [-0.3, -0.25) is 4.79 Å². The number of rotatable bonds is 3. The maximum Gasteiger partial charge on any atom is 0.237 e. The standard InChI is InChI=1S/C17H24N2O2/c18-16(13-7-9-21-10-8-13)17(20)19-15-6-5-12-3-1-2-4-14(12)11-15/h1-4,13,15-16H,5-11,18H2,(H,19,20). The van der Waals surface area contributed by atoms with E-state index in [0.717, 1.165) is 45.3 Å². The second-order valence-electron chi connectivity index (χ2n) is 6.19. The number of carbonyl (C=O) groups excluding carboxylic acids is 1. The highest BCUT2D eigenvalue weighted by Crippen LogP contribution is 2.22. The zero-order valence-electron chi connectivity index (χ0n) is 12.4. The van der Waals surface area contributed by atoms with Crippen molar-refractivity contribution in [1.82, 2.24) is 5.32 Å². The Morgan fingerprint density at radius 3 is 2.67 bits per heavy atom. The Hall–Kier alpha value is -1.39. The molecule has 21 heavy (non-hydrogen) atoms. The van der Waals surface area contributed by atoms with E-state index < -0.39 is 6.04 Å². The molecule has 4 heteroatoms. The van der Waals surface area contributed by atoms with Gasteiger partial charge >= 0.3 is 0 Å². The lowest BCUT2D eigenvalue weighted by molar-refractivity contribution is -0.125. The lowest BCUT2D eigenvalue weighted by atomic mass is 9.87. The summed E-state index contributed by atoms with van der Waals surface area (Å²) in [5, 5.41) is 3.15. The number of nitrogens with two attached hydrogens (primary N) is 1. The van der Waals surface area contributed by atoms with E-state index in [2.05, 4.69) is 29.6 Å². The minimum atomic E-state index is -0.397. The Morgan fingerprint density at radius 1 is 1.19 bits per heavy atom. The lowest BCUT2D eigenvalue weighted by Crippen LogP contribution is -2.51. The summed E-state index contributed by atoms with van der Waals surface area (Å²) < 4.78 is 5.33. The van der Waals surface area contributed by atoms with Crippen molar-refractivity contribution in [2.24, 2.45) is 11.7 Å². The molecule has 3 N–H and O–H groups in total. The molecule has 2 unspecified atom stereocenters. The van der Waals surface area contributed by atoms with Crippen molar-refractivity contribution in [3.8, 4) is 0 Å². The first-order chi connectivity index (χ1) is 10.2. The number of amides is 1. The predicted molar refractivity (Wildman–Crippen MR) is 81.9 cm³/mol. The summed E-state index contributed by atoms with van der Waals surface area (Å²) in [5.74, 6) is 0.265. The number of nitrogens with one attached hydrogen (secondary N) is 1. The van der Waals surface area contributed by atoms with Crippen LogP contribution >= 0.6 is 0 Å². The smallest absolute Gasteiger partial charge is 0.237 e. The van der Waals surface area contributed by atoms with Crippen LogP contribution in [0.2, 0.25) is 0 Å². The molecule has 0 aromatic heterocycles. The third-order valence-electron chi connectivity index (χ3n) is 4.77. The molecule has 0 bridgehead atoms. The first-order valence-corrected chi connectivity index (χ1v) is 7.94. The van der Waals surface area contributed by atoms with Crippen LogP contribution in [0, 0.1) is 5.92 Å². The molecule has 2 atom stereocenters. The molecular weight excluding hydrogens is 264 g/mol. The Labute approximate surface area is 126 Å². The molecule has 3 rings (SSSR count). The maximum absolute atomic E-state index is 12.3. The second-order valence-corrected chi connectivity index (χ2v) is 6.19. The van der Waals surface area contributed by atoms with Gasteiger partial charge in [0.05, 0.1) is 6.04 Å². The summed E-state index contributed by atoms with van der Waals surface area (Å²) >= 11 is 0. The molecular formula is C17H24N2O2. The Morgan fingerprint density at radius 2 is 1.90 bits per heavy atom. The van der Waals surface area contributed by atoms with Crippen LogP contribution < -0.4 is 11.1 Å². The van der Waals surface area contributed by atoms with Crippen LogP contribution in [0.25, 0.3) is 0 Å². The van der Waals surface area contributed by atoms with Crippen molar-refractivity contribution >= 4 is 5.91 Å². The van der Waals surface area contributed by atoms with E-state index in [-0.39, 0.29) is 17.9 Å². The number of benzene rings is 1. The molecule has 1 aromatic rings. The predicted octanol–water partition coefficient (Wildman–Crippen LogP) is 1.41.